The number of piperazine rings is 1. The van der Waals surface area contributed by atoms with Crippen LogP contribution in [-0.2, 0) is 0 Å². The van der Waals surface area contributed by atoms with Crippen LogP contribution in [0, 0.1) is 17.5 Å². The van der Waals surface area contributed by atoms with Gasteiger partial charge in [0.1, 0.15) is 30.2 Å². The Bertz CT molecular complexity index is 1760. The molecular weight excluding hydrogens is 562 g/mol. The Morgan fingerprint density at radius 3 is 2.60 bits per heavy atom. The lowest BCUT2D eigenvalue weighted by molar-refractivity contribution is 0.107. The minimum absolute atomic E-state index is 0.00896. The Morgan fingerprint density at radius 1 is 0.977 bits per heavy atom. The van der Waals surface area contributed by atoms with Gasteiger partial charge in [0.05, 0.1) is 11.1 Å². The number of alkyl halides is 1. The second-order valence-corrected chi connectivity index (χ2v) is 12.5. The van der Waals surface area contributed by atoms with Crippen LogP contribution in [0.25, 0.3) is 32.8 Å². The molecule has 0 amide bonds. The van der Waals surface area contributed by atoms with Crippen LogP contribution in [-0.4, -0.2) is 76.6 Å². The highest BCUT2D eigenvalue weighted by molar-refractivity contribution is 6.01. The molecule has 4 fully saturated rings. The molecule has 4 atom stereocenters. The first-order valence-corrected chi connectivity index (χ1v) is 14.9. The Labute approximate surface area is 245 Å². The number of nitrogens with one attached hydrogen (secondary N) is 1. The van der Waals surface area contributed by atoms with E-state index in [9.17, 15) is 13.9 Å². The van der Waals surface area contributed by atoms with Crippen LogP contribution < -0.4 is 15.0 Å². The minimum Gasteiger partial charge on any atom is -0.508 e. The van der Waals surface area contributed by atoms with Gasteiger partial charge in [0.25, 0.3) is 0 Å². The maximum Gasteiger partial charge on any atom is 0.319 e. The molecule has 0 spiro atoms. The van der Waals surface area contributed by atoms with Crippen LogP contribution in [0.3, 0.4) is 0 Å². The summed E-state index contributed by atoms with van der Waals surface area (Å²) in [6.45, 7) is 2.84. The van der Waals surface area contributed by atoms with E-state index in [0.717, 1.165) is 38.3 Å². The molecule has 4 aliphatic rings. The van der Waals surface area contributed by atoms with Crippen LogP contribution in [0.2, 0.25) is 0 Å². The molecule has 7 nitrogen and oxygen atoms in total. The van der Waals surface area contributed by atoms with Crippen molar-refractivity contribution in [3.8, 4) is 22.9 Å². The highest BCUT2D eigenvalue weighted by Gasteiger charge is 2.49. The number of benzene rings is 3. The molecule has 1 aromatic heterocycles. The number of aromatic nitrogens is 2. The van der Waals surface area contributed by atoms with Crippen molar-refractivity contribution >= 4 is 27.5 Å². The van der Waals surface area contributed by atoms with E-state index in [4.69, 9.17) is 9.72 Å². The average Bonchev–Trinajstić information content (AvgIpc) is 3.63. The van der Waals surface area contributed by atoms with Gasteiger partial charge in [0, 0.05) is 54.5 Å². The van der Waals surface area contributed by atoms with E-state index in [-0.39, 0.29) is 40.3 Å². The van der Waals surface area contributed by atoms with E-state index in [1.165, 1.54) is 30.3 Å². The van der Waals surface area contributed by atoms with Crippen LogP contribution >= 0.6 is 0 Å². The van der Waals surface area contributed by atoms with Crippen LogP contribution in [0.4, 0.5) is 23.4 Å². The molecule has 5 heterocycles. The van der Waals surface area contributed by atoms with E-state index >= 15 is 8.78 Å². The molecule has 0 saturated carbocycles. The lowest BCUT2D eigenvalue weighted by atomic mass is 9.95. The highest BCUT2D eigenvalue weighted by Crippen LogP contribution is 2.42. The number of phenols is 1. The third-order valence-electron chi connectivity index (χ3n) is 9.77. The number of halogens is 4. The number of anilines is 1. The molecule has 224 valence electrons. The smallest absolute Gasteiger partial charge is 0.319 e. The molecule has 4 saturated heterocycles. The SMILES string of the molecule is Oc1cc(-c2cc3nc(OC[C@@]45CCCN4C[C@H](F)C5)nc(N4C[C@H]5CC[C@@H](C4)N5)c3cc2F)c2c(F)c(F)ccc2c1. The summed E-state index contributed by atoms with van der Waals surface area (Å²) >= 11 is 0. The fourth-order valence-electron chi connectivity index (χ4n) is 7.83. The van der Waals surface area contributed by atoms with Gasteiger partial charge in [-0.05, 0) is 73.5 Å². The zero-order chi connectivity index (χ0) is 29.5. The number of rotatable bonds is 5. The van der Waals surface area contributed by atoms with Crippen LogP contribution in [0.1, 0.15) is 32.1 Å². The van der Waals surface area contributed by atoms with Crippen molar-refractivity contribution in [1.29, 1.82) is 0 Å². The Kier molecular flexibility index (Phi) is 6.20. The number of ether oxygens (including phenoxy) is 1. The summed E-state index contributed by atoms with van der Waals surface area (Å²) in [4.78, 5) is 13.7. The minimum atomic E-state index is -1.13. The Hall–Kier alpha value is -3.70. The predicted octanol–water partition coefficient (Wildman–Crippen LogP) is 5.47. The van der Waals surface area contributed by atoms with Gasteiger partial charge in [-0.15, -0.1) is 0 Å². The third-order valence-corrected chi connectivity index (χ3v) is 9.77. The summed E-state index contributed by atoms with van der Waals surface area (Å²) in [7, 11) is 0. The quantitative estimate of drug-likeness (QED) is 0.298. The zero-order valence-electron chi connectivity index (χ0n) is 23.4. The predicted molar refractivity (Wildman–Crippen MR) is 155 cm³/mol. The van der Waals surface area contributed by atoms with Crippen molar-refractivity contribution < 1.29 is 27.4 Å². The maximum atomic E-state index is 16.0. The van der Waals surface area contributed by atoms with E-state index in [0.29, 0.717) is 54.9 Å². The molecule has 8 rings (SSSR count). The first kappa shape index (κ1) is 26.9. The second-order valence-electron chi connectivity index (χ2n) is 12.5. The molecule has 0 aliphatic carbocycles. The maximum absolute atomic E-state index is 16.0. The van der Waals surface area contributed by atoms with Crippen molar-refractivity contribution in [2.75, 3.05) is 37.7 Å². The molecule has 43 heavy (non-hydrogen) atoms. The van der Waals surface area contributed by atoms with E-state index in [1.807, 2.05) is 0 Å². The van der Waals surface area contributed by atoms with Crippen molar-refractivity contribution in [1.82, 2.24) is 20.2 Å². The summed E-state index contributed by atoms with van der Waals surface area (Å²) in [5.41, 5.74) is -0.0615. The van der Waals surface area contributed by atoms with Gasteiger partial charge in [0.15, 0.2) is 11.6 Å². The van der Waals surface area contributed by atoms with Gasteiger partial charge in [-0.1, -0.05) is 6.07 Å². The van der Waals surface area contributed by atoms with Gasteiger partial charge in [-0.2, -0.15) is 9.97 Å². The monoisotopic (exact) mass is 593 g/mol. The second kappa shape index (κ2) is 9.92. The summed E-state index contributed by atoms with van der Waals surface area (Å²) in [5, 5.41) is 14.6. The molecule has 4 aromatic rings. The fraction of sp³-hybridized carbons (Fsp3) is 0.438. The highest BCUT2D eigenvalue weighted by atomic mass is 19.2. The van der Waals surface area contributed by atoms with Crippen LogP contribution in [0.5, 0.6) is 11.8 Å². The van der Waals surface area contributed by atoms with Crippen molar-refractivity contribution in [2.24, 2.45) is 0 Å². The Balaban J connectivity index is 1.26. The van der Waals surface area contributed by atoms with E-state index in [1.54, 1.807) is 0 Å². The number of nitrogens with zero attached hydrogens (tertiary/aromatic N) is 4. The van der Waals surface area contributed by atoms with Gasteiger partial charge >= 0.3 is 6.01 Å². The molecule has 11 heteroatoms. The number of hydrogen-bond acceptors (Lipinski definition) is 7. The van der Waals surface area contributed by atoms with Gasteiger partial charge in [0.2, 0.25) is 0 Å². The van der Waals surface area contributed by atoms with E-state index < -0.39 is 29.2 Å². The molecule has 4 aliphatic heterocycles. The lowest BCUT2D eigenvalue weighted by Crippen LogP contribution is -2.51. The first-order valence-electron chi connectivity index (χ1n) is 14.9. The summed E-state index contributed by atoms with van der Waals surface area (Å²) < 4.78 is 66.0. The molecule has 0 unspecified atom stereocenters. The molecule has 2 N–H and O–H groups in total. The third kappa shape index (κ3) is 4.47. The van der Waals surface area contributed by atoms with Crippen molar-refractivity contribution in [2.45, 2.75) is 55.9 Å². The first-order chi connectivity index (χ1) is 20.8. The molecule has 2 bridgehead atoms. The van der Waals surface area contributed by atoms with Crippen LogP contribution in [0.15, 0.2) is 36.4 Å². The number of fused-ring (bicyclic) bond motifs is 5. The molecule has 3 aromatic carbocycles. The lowest BCUT2D eigenvalue weighted by Gasteiger charge is -2.34. The van der Waals surface area contributed by atoms with Crippen molar-refractivity contribution in [3.63, 3.8) is 0 Å². The van der Waals surface area contributed by atoms with E-state index in [2.05, 4.69) is 20.1 Å². The fourth-order valence-corrected chi connectivity index (χ4v) is 7.83. The Morgan fingerprint density at radius 2 is 1.79 bits per heavy atom. The summed E-state index contributed by atoms with van der Waals surface area (Å²) in [6, 6.07) is 8.34. The number of aromatic hydroxyl groups is 1. The largest absolute Gasteiger partial charge is 0.508 e. The van der Waals surface area contributed by atoms with Gasteiger partial charge in [-0.3, -0.25) is 4.90 Å². The summed E-state index contributed by atoms with van der Waals surface area (Å²) in [6.07, 6.45) is 3.39. The zero-order valence-corrected chi connectivity index (χ0v) is 23.4. The van der Waals surface area contributed by atoms with Crippen molar-refractivity contribution in [3.05, 3.63) is 53.8 Å². The standard InChI is InChI=1S/C32H31F4N5O2/c33-18-12-32(6-1-7-41(32)13-18)16-43-31-38-27-11-22(23-9-21(42)8-17-2-5-25(34)29(36)28(17)23)26(35)10-24(27)30(39-31)40-14-19-3-4-20(15-40)37-19/h2,5,8-11,18-20,37,42H,1,3-4,6-7,12-16H2/t18-,19-,20+,32+/m1/s1. The topological polar surface area (TPSA) is 73.8 Å². The summed E-state index contributed by atoms with van der Waals surface area (Å²) in [5.74, 6) is -2.55. The number of hydrogen-bond donors (Lipinski definition) is 2. The van der Waals surface area contributed by atoms with Gasteiger partial charge in [-0.25, -0.2) is 17.6 Å². The number of phenolic OH excluding ortho intramolecular Hbond substituents is 1. The molecule has 0 radical (unpaired) electrons. The molecular formula is C32H31F4N5O2. The normalized spacial score (nSPS) is 27.0. The van der Waals surface area contributed by atoms with Gasteiger partial charge < -0.3 is 20.1 Å². The average molecular weight is 594 g/mol.